The molecule has 7 nitrogen and oxygen atoms in total. The number of carbonyl (C=O) groups excluding carboxylic acids is 2. The van der Waals surface area contributed by atoms with Crippen LogP contribution in [0.3, 0.4) is 0 Å². The molecule has 12 heteroatoms. The molecule has 0 spiro atoms. The third-order valence-electron chi connectivity index (χ3n) is 5.71. The Hall–Kier alpha value is -2.49. The van der Waals surface area contributed by atoms with Crippen LogP contribution in [0.15, 0.2) is 71.6 Å². The standard InChI is InChI=1S/C27H27Cl4N3O4S/c1-17(2)32-27(36)18(3)33(15-19-7-12-24(30)25(31)13-19)26(35)16-34(22-6-4-5-21(29)14-22)39(37,38)23-10-8-20(28)9-11-23/h4-14,17-18H,15-16H2,1-3H3,(H,32,36). The largest absolute Gasteiger partial charge is 0.352 e. The Morgan fingerprint density at radius 2 is 1.51 bits per heavy atom. The summed E-state index contributed by atoms with van der Waals surface area (Å²) < 4.78 is 28.5. The Morgan fingerprint density at radius 1 is 0.846 bits per heavy atom. The number of nitrogens with one attached hydrogen (secondary N) is 1. The van der Waals surface area contributed by atoms with Gasteiger partial charge in [-0.2, -0.15) is 0 Å². The molecule has 1 unspecified atom stereocenters. The first-order chi connectivity index (χ1) is 18.3. The molecule has 0 heterocycles. The van der Waals surface area contributed by atoms with Gasteiger partial charge in [-0.05, 0) is 80.9 Å². The molecule has 0 aliphatic rings. The topological polar surface area (TPSA) is 86.8 Å². The van der Waals surface area contributed by atoms with Crippen LogP contribution in [-0.4, -0.2) is 43.8 Å². The maximum atomic E-state index is 13.9. The molecule has 0 aliphatic heterocycles. The summed E-state index contributed by atoms with van der Waals surface area (Å²) in [5.74, 6) is -1.02. The monoisotopic (exact) mass is 629 g/mol. The highest BCUT2D eigenvalue weighted by Gasteiger charge is 2.33. The zero-order valence-corrected chi connectivity index (χ0v) is 25.2. The molecular formula is C27H27Cl4N3O4S. The van der Waals surface area contributed by atoms with Crippen molar-refractivity contribution in [1.82, 2.24) is 10.2 Å². The summed E-state index contributed by atoms with van der Waals surface area (Å²) in [5, 5.41) is 4.06. The first kappa shape index (κ1) is 31.0. The Morgan fingerprint density at radius 3 is 2.10 bits per heavy atom. The summed E-state index contributed by atoms with van der Waals surface area (Å²) in [6.45, 7) is 4.55. The number of nitrogens with zero attached hydrogens (tertiary/aromatic N) is 2. The van der Waals surface area contributed by atoms with Gasteiger partial charge >= 0.3 is 0 Å². The molecule has 1 N–H and O–H groups in total. The van der Waals surface area contributed by atoms with E-state index in [1.54, 1.807) is 51.1 Å². The fraction of sp³-hybridized carbons (Fsp3) is 0.259. The van der Waals surface area contributed by atoms with E-state index in [1.807, 2.05) is 0 Å². The van der Waals surface area contributed by atoms with E-state index in [-0.39, 0.29) is 33.2 Å². The number of anilines is 1. The van der Waals surface area contributed by atoms with Gasteiger partial charge in [0.1, 0.15) is 12.6 Å². The minimum Gasteiger partial charge on any atom is -0.352 e. The van der Waals surface area contributed by atoms with Gasteiger partial charge in [0.15, 0.2) is 0 Å². The van der Waals surface area contributed by atoms with Gasteiger partial charge in [-0.15, -0.1) is 0 Å². The average molecular weight is 631 g/mol. The van der Waals surface area contributed by atoms with Crippen LogP contribution in [0.4, 0.5) is 5.69 Å². The number of carbonyl (C=O) groups is 2. The van der Waals surface area contributed by atoms with E-state index in [0.717, 1.165) is 4.31 Å². The summed E-state index contributed by atoms with van der Waals surface area (Å²) in [7, 11) is -4.24. The van der Waals surface area contributed by atoms with Gasteiger partial charge in [-0.25, -0.2) is 8.42 Å². The van der Waals surface area contributed by atoms with Crippen LogP contribution in [0.25, 0.3) is 0 Å². The zero-order chi connectivity index (χ0) is 28.9. The van der Waals surface area contributed by atoms with Crippen molar-refractivity contribution >= 4 is 73.9 Å². The van der Waals surface area contributed by atoms with E-state index in [2.05, 4.69) is 5.32 Å². The van der Waals surface area contributed by atoms with E-state index >= 15 is 0 Å². The number of rotatable bonds is 10. The molecule has 3 aromatic carbocycles. The SMILES string of the molecule is CC(C)NC(=O)C(C)N(Cc1ccc(Cl)c(Cl)c1)C(=O)CN(c1cccc(Cl)c1)S(=O)(=O)c1ccc(Cl)cc1. The van der Waals surface area contributed by atoms with Gasteiger partial charge in [0.2, 0.25) is 11.8 Å². The highest BCUT2D eigenvalue weighted by atomic mass is 35.5. The zero-order valence-electron chi connectivity index (χ0n) is 21.4. The Labute approximate surface area is 248 Å². The van der Waals surface area contributed by atoms with Crippen molar-refractivity contribution in [2.24, 2.45) is 0 Å². The van der Waals surface area contributed by atoms with Crippen molar-refractivity contribution in [1.29, 1.82) is 0 Å². The first-order valence-electron chi connectivity index (χ1n) is 11.9. The second-order valence-corrected chi connectivity index (χ2v) is 12.6. The van der Waals surface area contributed by atoms with Gasteiger partial charge in [0.25, 0.3) is 10.0 Å². The maximum absolute atomic E-state index is 13.9. The number of hydrogen-bond acceptors (Lipinski definition) is 4. The second kappa shape index (κ2) is 13.2. The van der Waals surface area contributed by atoms with Crippen molar-refractivity contribution in [2.45, 2.75) is 44.3 Å². The van der Waals surface area contributed by atoms with Crippen LogP contribution in [0, 0.1) is 0 Å². The number of hydrogen-bond donors (Lipinski definition) is 1. The van der Waals surface area contributed by atoms with E-state index in [9.17, 15) is 18.0 Å². The molecule has 3 aromatic rings. The van der Waals surface area contributed by atoms with Crippen LogP contribution in [0.2, 0.25) is 20.1 Å². The Balaban J connectivity index is 2.04. The summed E-state index contributed by atoms with van der Waals surface area (Å²) in [4.78, 5) is 28.0. The first-order valence-corrected chi connectivity index (χ1v) is 14.8. The van der Waals surface area contributed by atoms with E-state index in [0.29, 0.717) is 15.6 Å². The molecule has 0 aliphatic carbocycles. The molecule has 3 rings (SSSR count). The summed E-state index contributed by atoms with van der Waals surface area (Å²) >= 11 is 24.4. The van der Waals surface area contributed by atoms with Crippen molar-refractivity contribution < 1.29 is 18.0 Å². The number of amides is 2. The Bertz CT molecular complexity index is 1450. The molecule has 2 amide bonds. The normalized spacial score (nSPS) is 12.2. The maximum Gasteiger partial charge on any atom is 0.264 e. The molecule has 0 radical (unpaired) electrons. The van der Waals surface area contributed by atoms with Crippen LogP contribution in [-0.2, 0) is 26.2 Å². The highest BCUT2D eigenvalue weighted by molar-refractivity contribution is 7.92. The van der Waals surface area contributed by atoms with Gasteiger partial charge in [-0.3, -0.25) is 13.9 Å². The van der Waals surface area contributed by atoms with E-state index < -0.39 is 34.4 Å². The molecule has 0 aromatic heterocycles. The predicted octanol–water partition coefficient (Wildman–Crippen LogP) is 6.44. The predicted molar refractivity (Wildman–Crippen MR) is 157 cm³/mol. The van der Waals surface area contributed by atoms with Crippen molar-refractivity contribution in [3.05, 3.63) is 92.4 Å². The minimum atomic E-state index is -4.24. The molecular weight excluding hydrogens is 604 g/mol. The quantitative estimate of drug-likeness (QED) is 0.279. The third-order valence-corrected chi connectivity index (χ3v) is 8.73. The van der Waals surface area contributed by atoms with E-state index in [4.69, 9.17) is 46.4 Å². The highest BCUT2D eigenvalue weighted by Crippen LogP contribution is 2.28. The number of halogens is 4. The van der Waals surface area contributed by atoms with Crippen molar-refractivity contribution in [3.63, 3.8) is 0 Å². The third kappa shape index (κ3) is 8.02. The van der Waals surface area contributed by atoms with Crippen LogP contribution < -0.4 is 9.62 Å². The van der Waals surface area contributed by atoms with E-state index in [1.165, 1.54) is 41.3 Å². The molecule has 0 fully saturated rings. The smallest absolute Gasteiger partial charge is 0.264 e. The van der Waals surface area contributed by atoms with Gasteiger partial charge in [-0.1, -0.05) is 58.5 Å². The summed E-state index contributed by atoms with van der Waals surface area (Å²) in [5.41, 5.74) is 0.788. The van der Waals surface area contributed by atoms with Crippen LogP contribution in [0.5, 0.6) is 0 Å². The molecule has 208 valence electrons. The lowest BCUT2D eigenvalue weighted by molar-refractivity contribution is -0.139. The van der Waals surface area contributed by atoms with Gasteiger partial charge in [0.05, 0.1) is 20.6 Å². The number of sulfonamides is 1. The summed E-state index contributed by atoms with van der Waals surface area (Å²) in [6, 6.07) is 15.5. The van der Waals surface area contributed by atoms with Crippen LogP contribution in [0.1, 0.15) is 26.3 Å². The molecule has 0 bridgehead atoms. The van der Waals surface area contributed by atoms with Gasteiger partial charge in [0, 0.05) is 22.6 Å². The lowest BCUT2D eigenvalue weighted by Gasteiger charge is -2.32. The second-order valence-electron chi connectivity index (χ2n) is 9.05. The van der Waals surface area contributed by atoms with Crippen molar-refractivity contribution in [2.75, 3.05) is 10.8 Å². The lowest BCUT2D eigenvalue weighted by Crippen LogP contribution is -2.52. The Kier molecular flexibility index (Phi) is 10.5. The fourth-order valence-electron chi connectivity index (χ4n) is 3.72. The minimum absolute atomic E-state index is 0.0210. The molecule has 0 saturated heterocycles. The average Bonchev–Trinajstić information content (AvgIpc) is 2.87. The van der Waals surface area contributed by atoms with Gasteiger partial charge < -0.3 is 10.2 Å². The fourth-order valence-corrected chi connectivity index (χ4v) is 5.75. The molecule has 1 atom stereocenters. The molecule has 0 saturated carbocycles. The lowest BCUT2D eigenvalue weighted by atomic mass is 10.1. The molecule has 39 heavy (non-hydrogen) atoms. The number of benzene rings is 3. The van der Waals surface area contributed by atoms with Crippen LogP contribution >= 0.6 is 46.4 Å². The van der Waals surface area contributed by atoms with Crippen molar-refractivity contribution in [3.8, 4) is 0 Å². The summed E-state index contributed by atoms with van der Waals surface area (Å²) in [6.07, 6.45) is 0.